The Morgan fingerprint density at radius 2 is 1.95 bits per heavy atom. The molecule has 0 aliphatic heterocycles. The van der Waals surface area contributed by atoms with Gasteiger partial charge in [-0.15, -0.1) is 0 Å². The molecule has 1 aromatic carbocycles. The maximum Gasteiger partial charge on any atom is 0.315 e. The number of hydrogen-bond acceptors (Lipinski definition) is 1. The molecule has 2 aliphatic rings. The molecule has 3 rings (SSSR count). The van der Waals surface area contributed by atoms with Crippen LogP contribution in [0.2, 0.25) is 0 Å². The highest BCUT2D eigenvalue weighted by molar-refractivity contribution is 5.75. The van der Waals surface area contributed by atoms with Crippen LogP contribution >= 0.6 is 0 Å². The van der Waals surface area contributed by atoms with E-state index in [1.165, 1.54) is 31.0 Å². The van der Waals surface area contributed by atoms with Gasteiger partial charge in [0.15, 0.2) is 0 Å². The lowest BCUT2D eigenvalue weighted by atomic mass is 10.1. The van der Waals surface area contributed by atoms with Crippen LogP contribution in [0, 0.1) is 17.6 Å². The van der Waals surface area contributed by atoms with E-state index in [9.17, 15) is 13.6 Å². The molecule has 102 valence electrons. The van der Waals surface area contributed by atoms with Crippen LogP contribution in [0.5, 0.6) is 0 Å². The number of carbonyl (C=O) groups excluding carboxylic acids is 1. The molecular formula is C14H16F2N2O. The minimum Gasteiger partial charge on any atom is -0.338 e. The molecule has 3 nitrogen and oxygen atoms in total. The summed E-state index contributed by atoms with van der Waals surface area (Å²) >= 11 is 0. The predicted octanol–water partition coefficient (Wildman–Crippen LogP) is 2.53. The minimum atomic E-state index is -0.535. The van der Waals surface area contributed by atoms with Gasteiger partial charge in [0.2, 0.25) is 0 Å². The highest BCUT2D eigenvalue weighted by Gasteiger charge is 2.42. The van der Waals surface area contributed by atoms with E-state index in [4.69, 9.17) is 0 Å². The van der Waals surface area contributed by atoms with E-state index in [0.717, 1.165) is 0 Å². The van der Waals surface area contributed by atoms with Gasteiger partial charge in [-0.25, -0.2) is 13.6 Å². The van der Waals surface area contributed by atoms with Crippen LogP contribution in [0.3, 0.4) is 0 Å². The number of urea groups is 1. The average molecular weight is 266 g/mol. The Labute approximate surface area is 110 Å². The van der Waals surface area contributed by atoms with Crippen LogP contribution in [0.1, 0.15) is 30.7 Å². The van der Waals surface area contributed by atoms with Crippen molar-refractivity contribution >= 4 is 6.03 Å². The van der Waals surface area contributed by atoms with Gasteiger partial charge in [0.25, 0.3) is 0 Å². The number of rotatable bonds is 4. The summed E-state index contributed by atoms with van der Waals surface area (Å²) in [5.74, 6) is -0.696. The summed E-state index contributed by atoms with van der Waals surface area (Å²) in [7, 11) is 0. The monoisotopic (exact) mass is 266 g/mol. The van der Waals surface area contributed by atoms with Crippen LogP contribution in [0.15, 0.2) is 18.2 Å². The van der Waals surface area contributed by atoms with E-state index >= 15 is 0 Å². The predicted molar refractivity (Wildman–Crippen MR) is 66.8 cm³/mol. The molecule has 19 heavy (non-hydrogen) atoms. The van der Waals surface area contributed by atoms with Crippen molar-refractivity contribution in [3.8, 4) is 0 Å². The second-order valence-corrected chi connectivity index (χ2v) is 5.38. The maximum absolute atomic E-state index is 13.5. The Morgan fingerprint density at radius 3 is 2.58 bits per heavy atom. The summed E-state index contributed by atoms with van der Waals surface area (Å²) in [6.07, 6.45) is 2.94. The molecule has 2 N–H and O–H groups in total. The zero-order valence-corrected chi connectivity index (χ0v) is 10.5. The normalized spacial score (nSPS) is 24.9. The Hall–Kier alpha value is -1.65. The molecule has 0 bridgehead atoms. The van der Waals surface area contributed by atoms with Crippen LogP contribution < -0.4 is 10.6 Å². The van der Waals surface area contributed by atoms with E-state index < -0.39 is 11.6 Å². The third kappa shape index (κ3) is 2.85. The lowest BCUT2D eigenvalue weighted by Gasteiger charge is -2.07. The highest BCUT2D eigenvalue weighted by atomic mass is 19.1. The summed E-state index contributed by atoms with van der Waals surface area (Å²) in [5.41, 5.74) is 0.0926. The van der Waals surface area contributed by atoms with E-state index in [2.05, 4.69) is 10.6 Å². The summed E-state index contributed by atoms with van der Waals surface area (Å²) in [6, 6.07) is 3.45. The smallest absolute Gasteiger partial charge is 0.315 e. The fourth-order valence-corrected chi connectivity index (χ4v) is 2.32. The second kappa shape index (κ2) is 4.79. The highest BCUT2D eigenvalue weighted by Crippen LogP contribution is 2.43. The van der Waals surface area contributed by atoms with Gasteiger partial charge in [-0.1, -0.05) is 6.07 Å². The molecule has 2 atom stereocenters. The third-order valence-electron chi connectivity index (χ3n) is 3.73. The molecule has 0 spiro atoms. The van der Waals surface area contributed by atoms with E-state index in [-0.39, 0.29) is 23.6 Å². The Kier molecular flexibility index (Phi) is 3.12. The molecule has 0 unspecified atom stereocenters. The van der Waals surface area contributed by atoms with Crippen molar-refractivity contribution in [2.24, 2.45) is 5.92 Å². The summed E-state index contributed by atoms with van der Waals surface area (Å²) in [4.78, 5) is 11.6. The molecule has 0 radical (unpaired) electrons. The van der Waals surface area contributed by atoms with E-state index in [1.54, 1.807) is 0 Å². The molecule has 1 aromatic rings. The average Bonchev–Trinajstić information content (AvgIpc) is 3.23. The first kappa shape index (κ1) is 12.4. The molecule has 0 heterocycles. The first-order valence-corrected chi connectivity index (χ1v) is 6.63. The number of carbonyl (C=O) groups is 1. The maximum atomic E-state index is 13.5. The van der Waals surface area contributed by atoms with Crippen molar-refractivity contribution in [1.29, 1.82) is 0 Å². The molecule has 5 heteroatoms. The van der Waals surface area contributed by atoms with E-state index in [1.807, 2.05) is 0 Å². The Bertz CT molecular complexity index is 482. The van der Waals surface area contributed by atoms with Gasteiger partial charge in [0.1, 0.15) is 11.6 Å². The minimum absolute atomic E-state index is 0.0926. The first-order valence-electron chi connectivity index (χ1n) is 6.63. The van der Waals surface area contributed by atoms with Gasteiger partial charge in [0.05, 0.1) is 0 Å². The van der Waals surface area contributed by atoms with Gasteiger partial charge in [0, 0.05) is 24.1 Å². The summed E-state index contributed by atoms with van der Waals surface area (Å²) in [5, 5.41) is 5.54. The third-order valence-corrected chi connectivity index (χ3v) is 3.73. The largest absolute Gasteiger partial charge is 0.338 e. The van der Waals surface area contributed by atoms with Gasteiger partial charge in [-0.2, -0.15) is 0 Å². The Morgan fingerprint density at radius 1 is 1.26 bits per heavy atom. The van der Waals surface area contributed by atoms with Crippen molar-refractivity contribution < 1.29 is 13.6 Å². The SMILES string of the molecule is O=C(NCC1CC1)N[C@@H]1C[C@H]1c1c(F)cccc1F. The molecular weight excluding hydrogens is 250 g/mol. The van der Waals surface area contributed by atoms with Crippen LogP contribution in [0.4, 0.5) is 13.6 Å². The first-order chi connectivity index (χ1) is 9.15. The lowest BCUT2D eigenvalue weighted by Crippen LogP contribution is -2.38. The van der Waals surface area contributed by atoms with Crippen LogP contribution in [-0.4, -0.2) is 18.6 Å². The van der Waals surface area contributed by atoms with Gasteiger partial charge in [-0.3, -0.25) is 0 Å². The van der Waals surface area contributed by atoms with Crippen molar-refractivity contribution in [1.82, 2.24) is 10.6 Å². The Balaban J connectivity index is 1.54. The molecule has 0 aromatic heterocycles. The summed E-state index contributed by atoms with van der Waals surface area (Å²) < 4.78 is 27.1. The van der Waals surface area contributed by atoms with Crippen LogP contribution in [0.25, 0.3) is 0 Å². The standard InChI is InChI=1S/C14H16F2N2O/c15-10-2-1-3-11(16)13(10)9-6-12(9)18-14(19)17-7-8-4-5-8/h1-3,8-9,12H,4-7H2,(H2,17,18,19)/t9-,12-/m1/s1. The van der Waals surface area contributed by atoms with Crippen molar-refractivity contribution in [3.05, 3.63) is 35.4 Å². The summed E-state index contributed by atoms with van der Waals surface area (Å²) in [6.45, 7) is 0.692. The number of amides is 2. The number of benzene rings is 1. The molecule has 2 fully saturated rings. The molecule has 0 saturated heterocycles. The number of nitrogens with one attached hydrogen (secondary N) is 2. The van der Waals surface area contributed by atoms with Crippen LogP contribution in [-0.2, 0) is 0 Å². The molecule has 2 amide bonds. The zero-order valence-electron chi connectivity index (χ0n) is 10.5. The quantitative estimate of drug-likeness (QED) is 0.864. The second-order valence-electron chi connectivity index (χ2n) is 5.38. The van der Waals surface area contributed by atoms with Gasteiger partial charge < -0.3 is 10.6 Å². The number of hydrogen-bond donors (Lipinski definition) is 2. The fraction of sp³-hybridized carbons (Fsp3) is 0.500. The number of halogens is 2. The lowest BCUT2D eigenvalue weighted by molar-refractivity contribution is 0.240. The van der Waals surface area contributed by atoms with Gasteiger partial charge >= 0.3 is 6.03 Å². The zero-order chi connectivity index (χ0) is 13.4. The van der Waals surface area contributed by atoms with Crippen molar-refractivity contribution in [2.75, 3.05) is 6.54 Å². The topological polar surface area (TPSA) is 41.1 Å². The van der Waals surface area contributed by atoms with Crippen molar-refractivity contribution in [3.63, 3.8) is 0 Å². The van der Waals surface area contributed by atoms with Crippen molar-refractivity contribution in [2.45, 2.75) is 31.2 Å². The fourth-order valence-electron chi connectivity index (χ4n) is 2.32. The molecule has 2 aliphatic carbocycles. The van der Waals surface area contributed by atoms with E-state index in [0.29, 0.717) is 18.9 Å². The molecule has 2 saturated carbocycles. The van der Waals surface area contributed by atoms with Gasteiger partial charge in [-0.05, 0) is 37.3 Å².